The molecule has 1 saturated heterocycles. The highest BCUT2D eigenvalue weighted by molar-refractivity contribution is 6.30. The second-order valence-corrected chi connectivity index (χ2v) is 7.28. The van der Waals surface area contributed by atoms with Gasteiger partial charge in [-0.15, -0.1) is 0 Å². The van der Waals surface area contributed by atoms with Crippen LogP contribution in [0.15, 0.2) is 36.5 Å². The molecule has 2 aromatic rings. The minimum absolute atomic E-state index is 0.0296. The van der Waals surface area contributed by atoms with Gasteiger partial charge in [-0.1, -0.05) is 35.3 Å². The molecule has 1 aliphatic heterocycles. The van der Waals surface area contributed by atoms with Gasteiger partial charge in [-0.2, -0.15) is 0 Å². The number of halogens is 5. The number of rotatable bonds is 4. The lowest BCUT2D eigenvalue weighted by molar-refractivity contribution is -0.161. The molecule has 0 aliphatic carbocycles. The quantitative estimate of drug-likeness (QED) is 0.736. The van der Waals surface area contributed by atoms with Crippen molar-refractivity contribution in [2.45, 2.75) is 25.4 Å². The molecule has 1 atom stereocenters. The Bertz CT molecular complexity index is 927. The van der Waals surface area contributed by atoms with Gasteiger partial charge in [0.05, 0.1) is 5.02 Å². The zero-order valence-electron chi connectivity index (χ0n) is 14.5. The van der Waals surface area contributed by atoms with E-state index in [1.807, 2.05) is 0 Å². The molecule has 0 radical (unpaired) electrons. The Morgan fingerprint density at radius 3 is 2.39 bits per heavy atom. The molecule has 1 aromatic heterocycles. The Morgan fingerprint density at radius 2 is 1.82 bits per heavy atom. The van der Waals surface area contributed by atoms with E-state index in [0.29, 0.717) is 15.5 Å². The first-order chi connectivity index (χ1) is 13.1. The van der Waals surface area contributed by atoms with Crippen molar-refractivity contribution in [2.24, 2.45) is 0 Å². The van der Waals surface area contributed by atoms with Crippen LogP contribution in [0.3, 0.4) is 0 Å². The van der Waals surface area contributed by atoms with E-state index >= 15 is 0 Å². The van der Waals surface area contributed by atoms with Gasteiger partial charge in [0, 0.05) is 17.8 Å². The summed E-state index contributed by atoms with van der Waals surface area (Å²) < 4.78 is 42.2. The molecular weight excluding hydrogens is 418 g/mol. The van der Waals surface area contributed by atoms with Gasteiger partial charge < -0.3 is 4.90 Å². The number of piperazine rings is 1. The molecule has 5 nitrogen and oxygen atoms in total. The van der Waals surface area contributed by atoms with E-state index in [1.54, 1.807) is 24.3 Å². The van der Waals surface area contributed by atoms with Crippen LogP contribution in [0.1, 0.15) is 12.5 Å². The standard InChI is InChI=1S/C18H14Cl2F3N3O2/c1-18(16(22)23)17(28)25(15-13(21)6-12(20)7-24-15)9-14(27)26(18)8-10-2-4-11(19)5-3-10/h2-7,16H,8-9H2,1H3/t18-/m1/s1. The first kappa shape index (κ1) is 20.4. The minimum Gasteiger partial charge on any atom is -0.317 e. The molecule has 0 unspecified atom stereocenters. The van der Waals surface area contributed by atoms with E-state index in [0.717, 1.165) is 24.1 Å². The second-order valence-electron chi connectivity index (χ2n) is 6.40. The van der Waals surface area contributed by atoms with Crippen LogP contribution < -0.4 is 4.90 Å². The molecule has 2 heterocycles. The normalized spacial score (nSPS) is 20.2. The molecule has 148 valence electrons. The van der Waals surface area contributed by atoms with Gasteiger partial charge in [0.25, 0.3) is 12.3 Å². The first-order valence-corrected chi connectivity index (χ1v) is 8.86. The molecule has 0 spiro atoms. The molecule has 3 rings (SSSR count). The third-order valence-electron chi connectivity index (χ3n) is 4.56. The van der Waals surface area contributed by atoms with Crippen LogP contribution in [0, 0.1) is 5.82 Å². The Labute approximate surface area is 168 Å². The Balaban J connectivity index is 2.00. The fourth-order valence-corrected chi connectivity index (χ4v) is 3.22. The molecule has 28 heavy (non-hydrogen) atoms. The van der Waals surface area contributed by atoms with Gasteiger partial charge in [-0.25, -0.2) is 18.2 Å². The summed E-state index contributed by atoms with van der Waals surface area (Å²) in [5.74, 6) is -3.42. The highest BCUT2D eigenvalue weighted by atomic mass is 35.5. The van der Waals surface area contributed by atoms with Crippen LogP contribution in [0.2, 0.25) is 10.0 Å². The van der Waals surface area contributed by atoms with Crippen LogP contribution in [0.5, 0.6) is 0 Å². The summed E-state index contributed by atoms with van der Waals surface area (Å²) in [6.07, 6.45) is -2.15. The number of benzene rings is 1. The molecule has 1 aliphatic rings. The Hall–Kier alpha value is -2.32. The summed E-state index contributed by atoms with van der Waals surface area (Å²) >= 11 is 11.5. The SMILES string of the molecule is C[C@@]1(C(F)F)C(=O)N(c2ncc(Cl)cc2F)CC(=O)N1Cc1ccc(Cl)cc1. The number of amides is 2. The highest BCUT2D eigenvalue weighted by Gasteiger charge is 2.56. The Morgan fingerprint density at radius 1 is 1.18 bits per heavy atom. The monoisotopic (exact) mass is 431 g/mol. The fourth-order valence-electron chi connectivity index (χ4n) is 2.95. The van der Waals surface area contributed by atoms with Crippen molar-refractivity contribution in [3.63, 3.8) is 0 Å². The van der Waals surface area contributed by atoms with Crippen molar-refractivity contribution in [3.05, 3.63) is 58.0 Å². The number of hydrogen-bond donors (Lipinski definition) is 0. The van der Waals surface area contributed by atoms with Gasteiger partial charge in [0.15, 0.2) is 17.2 Å². The Kier molecular flexibility index (Phi) is 5.54. The van der Waals surface area contributed by atoms with E-state index in [2.05, 4.69) is 4.98 Å². The maximum atomic E-state index is 14.2. The maximum Gasteiger partial charge on any atom is 0.270 e. The van der Waals surface area contributed by atoms with Gasteiger partial charge in [-0.05, 0) is 30.7 Å². The van der Waals surface area contributed by atoms with E-state index in [4.69, 9.17) is 23.2 Å². The van der Waals surface area contributed by atoms with Crippen LogP contribution >= 0.6 is 23.2 Å². The van der Waals surface area contributed by atoms with Gasteiger partial charge in [-0.3, -0.25) is 14.5 Å². The molecule has 10 heteroatoms. The lowest BCUT2D eigenvalue weighted by Crippen LogP contribution is -2.70. The molecule has 2 amide bonds. The van der Waals surface area contributed by atoms with Crippen molar-refractivity contribution >= 4 is 40.8 Å². The third-order valence-corrected chi connectivity index (χ3v) is 5.01. The van der Waals surface area contributed by atoms with Crippen molar-refractivity contribution in [2.75, 3.05) is 11.4 Å². The summed E-state index contributed by atoms with van der Waals surface area (Å²) in [4.78, 5) is 30.7. The number of hydrogen-bond acceptors (Lipinski definition) is 3. The number of aromatic nitrogens is 1. The lowest BCUT2D eigenvalue weighted by Gasteiger charge is -2.46. The maximum absolute atomic E-state index is 14.2. The number of nitrogens with zero attached hydrogens (tertiary/aromatic N) is 3. The molecular formula is C18H14Cl2F3N3O2. The van der Waals surface area contributed by atoms with Crippen LogP contribution in [0.25, 0.3) is 0 Å². The van der Waals surface area contributed by atoms with E-state index in [-0.39, 0.29) is 11.6 Å². The summed E-state index contributed by atoms with van der Waals surface area (Å²) in [6.45, 7) is 0.0983. The predicted molar refractivity (Wildman–Crippen MR) is 98.0 cm³/mol. The molecule has 1 aromatic carbocycles. The average Bonchev–Trinajstić information content (AvgIpc) is 2.63. The van der Waals surface area contributed by atoms with Gasteiger partial charge >= 0.3 is 0 Å². The molecule has 0 bridgehead atoms. The van der Waals surface area contributed by atoms with Crippen molar-refractivity contribution in [1.82, 2.24) is 9.88 Å². The largest absolute Gasteiger partial charge is 0.317 e. The number of anilines is 1. The first-order valence-electron chi connectivity index (χ1n) is 8.10. The summed E-state index contributed by atoms with van der Waals surface area (Å²) in [7, 11) is 0. The van der Waals surface area contributed by atoms with Crippen molar-refractivity contribution in [3.8, 4) is 0 Å². The van der Waals surface area contributed by atoms with E-state index in [9.17, 15) is 22.8 Å². The fraction of sp³-hybridized carbons (Fsp3) is 0.278. The number of carbonyl (C=O) groups is 2. The summed E-state index contributed by atoms with van der Waals surface area (Å²) in [5, 5.41) is 0.412. The number of pyridine rings is 1. The van der Waals surface area contributed by atoms with Crippen LogP contribution in [0.4, 0.5) is 19.0 Å². The smallest absolute Gasteiger partial charge is 0.270 e. The van der Waals surface area contributed by atoms with Gasteiger partial charge in [0.2, 0.25) is 5.91 Å². The summed E-state index contributed by atoms with van der Waals surface area (Å²) in [5.41, 5.74) is -1.98. The topological polar surface area (TPSA) is 53.5 Å². The zero-order valence-corrected chi connectivity index (χ0v) is 16.0. The lowest BCUT2D eigenvalue weighted by atomic mass is 9.94. The van der Waals surface area contributed by atoms with Gasteiger partial charge in [0.1, 0.15) is 6.54 Å². The molecule has 1 fully saturated rings. The third kappa shape index (κ3) is 3.54. The minimum atomic E-state index is -3.21. The number of alkyl halides is 2. The number of carbonyl (C=O) groups excluding carboxylic acids is 2. The zero-order chi connectivity index (χ0) is 20.6. The average molecular weight is 432 g/mol. The predicted octanol–water partition coefficient (Wildman–Crippen LogP) is 3.93. The van der Waals surface area contributed by atoms with Crippen molar-refractivity contribution < 1.29 is 22.8 Å². The van der Waals surface area contributed by atoms with E-state index in [1.165, 1.54) is 0 Å². The highest BCUT2D eigenvalue weighted by Crippen LogP contribution is 2.34. The summed E-state index contributed by atoms with van der Waals surface area (Å²) in [6, 6.07) is 7.12. The van der Waals surface area contributed by atoms with Crippen LogP contribution in [-0.4, -0.2) is 40.2 Å². The van der Waals surface area contributed by atoms with Crippen molar-refractivity contribution in [1.29, 1.82) is 0 Å². The molecule has 0 saturated carbocycles. The van der Waals surface area contributed by atoms with E-state index < -0.39 is 42.0 Å². The van der Waals surface area contributed by atoms with Crippen LogP contribution in [-0.2, 0) is 16.1 Å². The molecule has 0 N–H and O–H groups in total. The second kappa shape index (κ2) is 7.60.